The Labute approximate surface area is 164 Å². The minimum atomic E-state index is -3.63. The van der Waals surface area contributed by atoms with Gasteiger partial charge >= 0.3 is 0 Å². The van der Waals surface area contributed by atoms with Crippen LogP contribution in [0.25, 0.3) is 0 Å². The molecule has 2 aliphatic heterocycles. The normalized spacial score (nSPS) is 16.6. The summed E-state index contributed by atoms with van der Waals surface area (Å²) in [4.78, 5) is 14.5. The highest BCUT2D eigenvalue weighted by Crippen LogP contribution is 2.31. The minimum absolute atomic E-state index is 0.0594. The van der Waals surface area contributed by atoms with Crippen LogP contribution in [-0.2, 0) is 29.4 Å². The molecule has 8 nitrogen and oxygen atoms in total. The van der Waals surface area contributed by atoms with Crippen LogP contribution < -0.4 is 4.74 Å². The molecule has 1 aromatic heterocycles. The van der Waals surface area contributed by atoms with Gasteiger partial charge in [0.25, 0.3) is 5.91 Å². The number of fused-ring (bicyclic) bond motifs is 2. The highest BCUT2D eigenvalue weighted by atomic mass is 32.2. The van der Waals surface area contributed by atoms with Crippen LogP contribution in [0, 0.1) is 0 Å². The summed E-state index contributed by atoms with van der Waals surface area (Å²) in [7, 11) is -1.89. The first-order valence-electron chi connectivity index (χ1n) is 9.38. The molecule has 0 bridgehead atoms. The summed E-state index contributed by atoms with van der Waals surface area (Å²) in [5, 5.41) is 7.06. The summed E-state index contributed by atoms with van der Waals surface area (Å²) in [6, 6.07) is 5.07. The lowest BCUT2D eigenvalue weighted by Gasteiger charge is -2.27. The van der Waals surface area contributed by atoms with Crippen molar-refractivity contribution in [3.8, 4) is 5.75 Å². The van der Waals surface area contributed by atoms with E-state index in [4.69, 9.17) is 4.74 Å². The number of nitrogens with one attached hydrogen (secondary N) is 1. The smallest absolute Gasteiger partial charge is 0.274 e. The quantitative estimate of drug-likeness (QED) is 0.835. The predicted octanol–water partition coefficient (Wildman–Crippen LogP) is 1.57. The lowest BCUT2D eigenvalue weighted by atomic mass is 10.1. The van der Waals surface area contributed by atoms with E-state index in [0.717, 1.165) is 23.3 Å². The van der Waals surface area contributed by atoms with Crippen LogP contribution >= 0.6 is 0 Å². The molecule has 0 aliphatic carbocycles. The molecule has 2 aromatic rings. The summed E-state index contributed by atoms with van der Waals surface area (Å²) in [5.41, 5.74) is 2.80. The fourth-order valence-corrected chi connectivity index (χ4v) is 5.01. The summed E-state index contributed by atoms with van der Waals surface area (Å²) >= 11 is 0. The molecule has 0 fully saturated rings. The molecule has 4 rings (SSSR count). The zero-order valence-corrected chi connectivity index (χ0v) is 17.0. The number of ether oxygens (including phenoxy) is 1. The van der Waals surface area contributed by atoms with Crippen molar-refractivity contribution in [3.63, 3.8) is 0 Å². The third-order valence-electron chi connectivity index (χ3n) is 5.49. The summed E-state index contributed by atoms with van der Waals surface area (Å²) in [6.07, 6.45) is 1.17. The maximum Gasteiger partial charge on any atom is 0.274 e. The zero-order valence-electron chi connectivity index (χ0n) is 16.2. The van der Waals surface area contributed by atoms with Crippen molar-refractivity contribution in [2.24, 2.45) is 0 Å². The maximum absolute atomic E-state index is 13.1. The molecule has 28 heavy (non-hydrogen) atoms. The lowest BCUT2D eigenvalue weighted by molar-refractivity contribution is 0.0747. The van der Waals surface area contributed by atoms with Crippen LogP contribution in [0.3, 0.4) is 0 Å². The third-order valence-corrected chi connectivity index (χ3v) is 7.34. The fraction of sp³-hybridized carbons (Fsp3) is 0.474. The van der Waals surface area contributed by atoms with E-state index in [1.54, 1.807) is 30.1 Å². The molecular formula is C19H24N4O4S. The molecule has 1 amide bonds. The number of benzene rings is 1. The number of hydrogen-bond acceptors (Lipinski definition) is 5. The highest BCUT2D eigenvalue weighted by molar-refractivity contribution is 7.89. The molecule has 150 valence electrons. The van der Waals surface area contributed by atoms with Gasteiger partial charge in [-0.2, -0.15) is 9.40 Å². The molecule has 0 spiro atoms. The number of carbonyl (C=O) groups is 1. The molecule has 0 saturated heterocycles. The van der Waals surface area contributed by atoms with Gasteiger partial charge in [-0.1, -0.05) is 0 Å². The Hall–Kier alpha value is -2.39. The number of nitrogens with zero attached hydrogens (tertiary/aromatic N) is 3. The van der Waals surface area contributed by atoms with Gasteiger partial charge in [0, 0.05) is 31.6 Å². The van der Waals surface area contributed by atoms with Gasteiger partial charge in [0.05, 0.1) is 23.7 Å². The van der Waals surface area contributed by atoms with E-state index in [-0.39, 0.29) is 23.4 Å². The van der Waals surface area contributed by atoms with Gasteiger partial charge < -0.3 is 9.64 Å². The van der Waals surface area contributed by atoms with Crippen LogP contribution in [-0.4, -0.2) is 60.0 Å². The van der Waals surface area contributed by atoms with Crippen molar-refractivity contribution >= 4 is 15.9 Å². The van der Waals surface area contributed by atoms with E-state index < -0.39 is 10.0 Å². The SMILES string of the molecule is CC(C)N(C)C(=O)c1n[nH]c2c1CCN(S(=O)(=O)c1ccc3c(c1)CCO3)C2. The maximum atomic E-state index is 13.1. The molecule has 9 heteroatoms. The molecule has 0 radical (unpaired) electrons. The van der Waals surface area contributed by atoms with Gasteiger partial charge in [-0.05, 0) is 44.0 Å². The molecule has 1 aromatic carbocycles. The lowest BCUT2D eigenvalue weighted by Crippen LogP contribution is -2.37. The first kappa shape index (κ1) is 18.9. The summed E-state index contributed by atoms with van der Waals surface area (Å²) in [5.74, 6) is 0.605. The van der Waals surface area contributed by atoms with Crippen LogP contribution in [0.4, 0.5) is 0 Å². The molecule has 2 aliphatic rings. The molecule has 1 N–H and O–H groups in total. The summed E-state index contributed by atoms with van der Waals surface area (Å²) in [6.45, 7) is 4.95. The zero-order chi connectivity index (χ0) is 20.1. The molecule has 0 atom stereocenters. The number of hydrogen-bond donors (Lipinski definition) is 1. The largest absolute Gasteiger partial charge is 0.493 e. The Morgan fingerprint density at radius 3 is 2.86 bits per heavy atom. The Kier molecular flexibility index (Phi) is 4.67. The number of sulfonamides is 1. The second-order valence-electron chi connectivity index (χ2n) is 7.50. The van der Waals surface area contributed by atoms with Gasteiger partial charge in [0.15, 0.2) is 5.69 Å². The monoisotopic (exact) mass is 404 g/mol. The van der Waals surface area contributed by atoms with Gasteiger partial charge in [-0.25, -0.2) is 8.42 Å². The van der Waals surface area contributed by atoms with Crippen LogP contribution in [0.5, 0.6) is 5.75 Å². The van der Waals surface area contributed by atoms with Gasteiger partial charge in [-0.3, -0.25) is 9.89 Å². The number of amides is 1. The average molecular weight is 404 g/mol. The molecule has 3 heterocycles. The Bertz CT molecular complexity index is 1030. The number of rotatable bonds is 4. The number of aromatic amines is 1. The Morgan fingerprint density at radius 2 is 2.11 bits per heavy atom. The first-order valence-corrected chi connectivity index (χ1v) is 10.8. The standard InChI is InChI=1S/C19H24N4O4S/c1-12(2)22(3)19(24)18-15-6-8-23(11-16(15)20-21-18)28(25,26)14-4-5-17-13(10-14)7-9-27-17/h4-5,10,12H,6-9,11H2,1-3H3,(H,20,21). The first-order chi connectivity index (χ1) is 13.3. The minimum Gasteiger partial charge on any atom is -0.493 e. The van der Waals surface area contributed by atoms with E-state index in [2.05, 4.69) is 10.2 Å². The molecule has 0 saturated carbocycles. The second-order valence-corrected chi connectivity index (χ2v) is 9.43. The number of carbonyl (C=O) groups excluding carboxylic acids is 1. The van der Waals surface area contributed by atoms with E-state index in [1.807, 2.05) is 13.8 Å². The third kappa shape index (κ3) is 3.08. The average Bonchev–Trinajstić information content (AvgIpc) is 3.32. The van der Waals surface area contributed by atoms with Crippen LogP contribution in [0.2, 0.25) is 0 Å². The van der Waals surface area contributed by atoms with Gasteiger partial charge in [-0.15, -0.1) is 0 Å². The van der Waals surface area contributed by atoms with E-state index in [0.29, 0.717) is 31.0 Å². The number of H-pyrrole nitrogens is 1. The van der Waals surface area contributed by atoms with E-state index >= 15 is 0 Å². The topological polar surface area (TPSA) is 95.6 Å². The van der Waals surface area contributed by atoms with Crippen molar-refractivity contribution < 1.29 is 17.9 Å². The fourth-order valence-electron chi connectivity index (χ4n) is 3.55. The van der Waals surface area contributed by atoms with E-state index in [1.165, 1.54) is 4.31 Å². The Morgan fingerprint density at radius 1 is 1.32 bits per heavy atom. The van der Waals surface area contributed by atoms with Gasteiger partial charge in [0.2, 0.25) is 10.0 Å². The molecular weight excluding hydrogens is 380 g/mol. The van der Waals surface area contributed by atoms with Crippen molar-refractivity contribution in [1.82, 2.24) is 19.4 Å². The summed E-state index contributed by atoms with van der Waals surface area (Å²) < 4.78 is 33.1. The predicted molar refractivity (Wildman–Crippen MR) is 103 cm³/mol. The number of aromatic nitrogens is 2. The van der Waals surface area contributed by atoms with Crippen molar-refractivity contribution in [2.45, 2.75) is 44.2 Å². The Balaban J connectivity index is 1.58. The second kappa shape index (κ2) is 6.89. The highest BCUT2D eigenvalue weighted by Gasteiger charge is 2.33. The van der Waals surface area contributed by atoms with Crippen molar-refractivity contribution in [2.75, 3.05) is 20.2 Å². The van der Waals surface area contributed by atoms with Crippen molar-refractivity contribution in [1.29, 1.82) is 0 Å². The molecule has 0 unspecified atom stereocenters. The van der Waals surface area contributed by atoms with Crippen molar-refractivity contribution in [3.05, 3.63) is 40.7 Å². The van der Waals surface area contributed by atoms with Crippen LogP contribution in [0.1, 0.15) is 41.2 Å². The van der Waals surface area contributed by atoms with Crippen LogP contribution in [0.15, 0.2) is 23.1 Å². The van der Waals surface area contributed by atoms with E-state index in [9.17, 15) is 13.2 Å². The van der Waals surface area contributed by atoms with Gasteiger partial charge in [0.1, 0.15) is 5.75 Å².